The molecule has 1 aromatic heterocycles. The minimum absolute atomic E-state index is 0.0228. The van der Waals surface area contributed by atoms with Gasteiger partial charge in [-0.05, 0) is 36.2 Å². The van der Waals surface area contributed by atoms with E-state index in [0.29, 0.717) is 11.6 Å². The normalized spacial score (nSPS) is 16.3. The number of carbonyl (C=O) groups excluding carboxylic acids is 1. The number of pyridine rings is 1. The SMILES string of the molecule is CCC(NC(=O)CN1CCN(c2ccccn2)CC1)c1ccc(Cl)cc1. The van der Waals surface area contributed by atoms with E-state index in [1.165, 1.54) is 0 Å². The second kappa shape index (κ2) is 9.01. The molecule has 1 amide bonds. The fourth-order valence-electron chi connectivity index (χ4n) is 3.24. The lowest BCUT2D eigenvalue weighted by Gasteiger charge is -2.35. The number of benzene rings is 1. The van der Waals surface area contributed by atoms with Crippen molar-refractivity contribution in [3.05, 3.63) is 59.2 Å². The highest BCUT2D eigenvalue weighted by Gasteiger charge is 2.21. The molecule has 3 rings (SSSR count). The van der Waals surface area contributed by atoms with E-state index in [9.17, 15) is 4.79 Å². The molecule has 0 saturated carbocycles. The lowest BCUT2D eigenvalue weighted by Crippen LogP contribution is -2.50. The van der Waals surface area contributed by atoms with Crippen LogP contribution in [0.4, 0.5) is 5.82 Å². The van der Waals surface area contributed by atoms with E-state index >= 15 is 0 Å². The average Bonchev–Trinajstić information content (AvgIpc) is 2.68. The van der Waals surface area contributed by atoms with E-state index < -0.39 is 0 Å². The van der Waals surface area contributed by atoms with Crippen LogP contribution in [0.2, 0.25) is 5.02 Å². The van der Waals surface area contributed by atoms with Crippen molar-refractivity contribution in [3.8, 4) is 0 Å². The van der Waals surface area contributed by atoms with Gasteiger partial charge in [0.1, 0.15) is 5.82 Å². The largest absolute Gasteiger partial charge is 0.354 e. The Labute approximate surface area is 160 Å². The van der Waals surface area contributed by atoms with Gasteiger partial charge in [0, 0.05) is 37.4 Å². The summed E-state index contributed by atoms with van der Waals surface area (Å²) in [5.74, 6) is 1.07. The van der Waals surface area contributed by atoms with Crippen LogP contribution in [-0.2, 0) is 4.79 Å². The van der Waals surface area contributed by atoms with Crippen LogP contribution in [-0.4, -0.2) is 48.5 Å². The van der Waals surface area contributed by atoms with E-state index in [-0.39, 0.29) is 11.9 Å². The highest BCUT2D eigenvalue weighted by molar-refractivity contribution is 6.30. The Hall–Kier alpha value is -2.11. The summed E-state index contributed by atoms with van der Waals surface area (Å²) in [4.78, 5) is 21.3. The monoisotopic (exact) mass is 372 g/mol. The first-order valence-electron chi connectivity index (χ1n) is 9.09. The summed E-state index contributed by atoms with van der Waals surface area (Å²) in [7, 11) is 0. The summed E-state index contributed by atoms with van der Waals surface area (Å²) in [6.45, 7) is 6.01. The lowest BCUT2D eigenvalue weighted by atomic mass is 10.0. The molecule has 0 spiro atoms. The lowest BCUT2D eigenvalue weighted by molar-refractivity contribution is -0.123. The number of carbonyl (C=O) groups is 1. The van der Waals surface area contributed by atoms with Gasteiger partial charge in [0.25, 0.3) is 0 Å². The van der Waals surface area contributed by atoms with Crippen LogP contribution in [0.5, 0.6) is 0 Å². The second-order valence-electron chi connectivity index (χ2n) is 6.53. The maximum atomic E-state index is 12.5. The fraction of sp³-hybridized carbons (Fsp3) is 0.400. The molecule has 0 bridgehead atoms. The zero-order valence-electron chi connectivity index (χ0n) is 15.1. The number of hydrogen-bond donors (Lipinski definition) is 1. The number of halogens is 1. The molecule has 2 aromatic rings. The van der Waals surface area contributed by atoms with E-state index in [1.807, 2.05) is 48.7 Å². The maximum Gasteiger partial charge on any atom is 0.234 e. The molecule has 26 heavy (non-hydrogen) atoms. The Morgan fingerprint density at radius 3 is 2.50 bits per heavy atom. The van der Waals surface area contributed by atoms with Crippen LogP contribution < -0.4 is 10.2 Å². The third kappa shape index (κ3) is 4.96. The summed E-state index contributed by atoms with van der Waals surface area (Å²) >= 11 is 5.95. The number of nitrogens with one attached hydrogen (secondary N) is 1. The molecule has 0 radical (unpaired) electrons. The molecule has 5 nitrogen and oxygen atoms in total. The Bertz CT molecular complexity index is 700. The van der Waals surface area contributed by atoms with Crippen LogP contribution in [0.3, 0.4) is 0 Å². The van der Waals surface area contributed by atoms with Gasteiger partial charge in [-0.25, -0.2) is 4.98 Å². The molecule has 1 aromatic carbocycles. The molecule has 2 heterocycles. The number of anilines is 1. The van der Waals surface area contributed by atoms with Gasteiger partial charge in [0.15, 0.2) is 0 Å². The molecule has 0 aliphatic carbocycles. The third-order valence-corrected chi connectivity index (χ3v) is 4.98. The van der Waals surface area contributed by atoms with Crippen LogP contribution in [0.15, 0.2) is 48.7 Å². The van der Waals surface area contributed by atoms with Gasteiger partial charge in [-0.3, -0.25) is 9.69 Å². The molecule has 1 N–H and O–H groups in total. The molecule has 1 unspecified atom stereocenters. The van der Waals surface area contributed by atoms with Crippen LogP contribution in [0.1, 0.15) is 24.9 Å². The van der Waals surface area contributed by atoms with Gasteiger partial charge in [-0.1, -0.05) is 36.7 Å². The van der Waals surface area contributed by atoms with E-state index in [2.05, 4.69) is 27.0 Å². The van der Waals surface area contributed by atoms with Crippen molar-refractivity contribution in [2.45, 2.75) is 19.4 Å². The number of nitrogens with zero attached hydrogens (tertiary/aromatic N) is 3. The first-order valence-corrected chi connectivity index (χ1v) is 9.46. The van der Waals surface area contributed by atoms with Crippen molar-refractivity contribution < 1.29 is 4.79 Å². The second-order valence-corrected chi connectivity index (χ2v) is 6.97. The van der Waals surface area contributed by atoms with Crippen molar-refractivity contribution in [3.63, 3.8) is 0 Å². The fourth-order valence-corrected chi connectivity index (χ4v) is 3.36. The first kappa shape index (κ1) is 18.7. The van der Waals surface area contributed by atoms with E-state index in [0.717, 1.165) is 44.0 Å². The van der Waals surface area contributed by atoms with Crippen LogP contribution >= 0.6 is 11.6 Å². The van der Waals surface area contributed by atoms with Crippen LogP contribution in [0, 0.1) is 0 Å². The maximum absolute atomic E-state index is 12.5. The van der Waals surface area contributed by atoms with Gasteiger partial charge >= 0.3 is 0 Å². The zero-order chi connectivity index (χ0) is 18.4. The van der Waals surface area contributed by atoms with Crippen molar-refractivity contribution in [1.82, 2.24) is 15.2 Å². The summed E-state index contributed by atoms with van der Waals surface area (Å²) in [5.41, 5.74) is 1.09. The van der Waals surface area contributed by atoms with Crippen molar-refractivity contribution in [2.24, 2.45) is 0 Å². The molecule has 1 fully saturated rings. The van der Waals surface area contributed by atoms with Gasteiger partial charge in [-0.2, -0.15) is 0 Å². The summed E-state index contributed by atoms with van der Waals surface area (Å²) in [5, 5.41) is 3.85. The number of amides is 1. The predicted octanol–water partition coefficient (Wildman–Crippen LogP) is 3.12. The molecule has 1 aliphatic rings. The number of hydrogen-bond acceptors (Lipinski definition) is 4. The Morgan fingerprint density at radius 2 is 1.88 bits per heavy atom. The van der Waals surface area contributed by atoms with Crippen molar-refractivity contribution >= 4 is 23.3 Å². The minimum atomic E-state index is 0.0228. The molecule has 6 heteroatoms. The number of piperazine rings is 1. The minimum Gasteiger partial charge on any atom is -0.354 e. The Balaban J connectivity index is 1.48. The highest BCUT2D eigenvalue weighted by atomic mass is 35.5. The number of rotatable bonds is 6. The van der Waals surface area contributed by atoms with Crippen molar-refractivity contribution in [1.29, 1.82) is 0 Å². The molecule has 1 atom stereocenters. The Morgan fingerprint density at radius 1 is 1.15 bits per heavy atom. The van der Waals surface area contributed by atoms with Gasteiger partial charge < -0.3 is 10.2 Å². The molecule has 138 valence electrons. The summed E-state index contributed by atoms with van der Waals surface area (Å²) in [6, 6.07) is 13.7. The summed E-state index contributed by atoms with van der Waals surface area (Å²) < 4.78 is 0. The van der Waals surface area contributed by atoms with Gasteiger partial charge in [0.2, 0.25) is 5.91 Å². The van der Waals surface area contributed by atoms with E-state index in [4.69, 9.17) is 11.6 Å². The molecular formula is C20H25ClN4O. The quantitative estimate of drug-likeness (QED) is 0.846. The molecule has 1 saturated heterocycles. The van der Waals surface area contributed by atoms with Gasteiger partial charge in [-0.15, -0.1) is 0 Å². The smallest absolute Gasteiger partial charge is 0.234 e. The molecule has 1 aliphatic heterocycles. The number of aromatic nitrogens is 1. The zero-order valence-corrected chi connectivity index (χ0v) is 15.8. The van der Waals surface area contributed by atoms with E-state index in [1.54, 1.807) is 0 Å². The highest BCUT2D eigenvalue weighted by Crippen LogP contribution is 2.19. The topological polar surface area (TPSA) is 48.5 Å². The Kier molecular flexibility index (Phi) is 6.47. The van der Waals surface area contributed by atoms with Crippen LogP contribution in [0.25, 0.3) is 0 Å². The van der Waals surface area contributed by atoms with Gasteiger partial charge in [0.05, 0.1) is 12.6 Å². The summed E-state index contributed by atoms with van der Waals surface area (Å²) in [6.07, 6.45) is 2.66. The first-order chi connectivity index (χ1) is 12.7. The predicted molar refractivity (Wildman–Crippen MR) is 106 cm³/mol. The average molecular weight is 373 g/mol. The standard InChI is InChI=1S/C20H25ClN4O/c1-2-18(16-6-8-17(21)9-7-16)23-20(26)15-24-11-13-25(14-12-24)19-5-3-4-10-22-19/h3-10,18H,2,11-15H2,1H3,(H,23,26). The third-order valence-electron chi connectivity index (χ3n) is 4.73. The van der Waals surface area contributed by atoms with Crippen molar-refractivity contribution in [2.75, 3.05) is 37.6 Å². The molecular weight excluding hydrogens is 348 g/mol.